The Hall–Kier alpha value is 0.300. The molecular weight excluding hydrogens is 216 g/mol. The SMILES string of the molecule is CC(C)(C)SCCS(=O)(=O)C(C)(C)C. The molecule has 0 unspecified atom stereocenters. The van der Waals surface area contributed by atoms with Crippen molar-refractivity contribution in [3.05, 3.63) is 0 Å². The van der Waals surface area contributed by atoms with Crippen molar-refractivity contribution < 1.29 is 8.42 Å². The summed E-state index contributed by atoms with van der Waals surface area (Å²) in [7, 11) is -2.94. The van der Waals surface area contributed by atoms with Crippen LogP contribution in [0.1, 0.15) is 41.5 Å². The number of thioether (sulfide) groups is 1. The highest BCUT2D eigenvalue weighted by molar-refractivity contribution is 8.02. The molecule has 0 aliphatic carbocycles. The zero-order chi connectivity index (χ0) is 11.6. The van der Waals surface area contributed by atoms with Crippen LogP contribution in [-0.4, -0.2) is 29.4 Å². The van der Waals surface area contributed by atoms with Crippen LogP contribution in [0.25, 0.3) is 0 Å². The summed E-state index contributed by atoms with van der Waals surface area (Å²) in [4.78, 5) is 0. The van der Waals surface area contributed by atoms with Crippen LogP contribution in [0.5, 0.6) is 0 Å². The third kappa shape index (κ3) is 5.25. The average molecular weight is 238 g/mol. The molecule has 86 valence electrons. The lowest BCUT2D eigenvalue weighted by Gasteiger charge is -2.21. The zero-order valence-electron chi connectivity index (χ0n) is 10.0. The van der Waals surface area contributed by atoms with Crippen molar-refractivity contribution in [3.8, 4) is 0 Å². The molecule has 0 spiro atoms. The maximum absolute atomic E-state index is 11.7. The fourth-order valence-corrected chi connectivity index (χ4v) is 3.20. The normalized spacial score (nSPS) is 14.4. The van der Waals surface area contributed by atoms with Crippen molar-refractivity contribution in [2.45, 2.75) is 51.0 Å². The molecular formula is C10H22O2S2. The maximum atomic E-state index is 11.7. The van der Waals surface area contributed by atoms with Gasteiger partial charge in [0.05, 0.1) is 10.5 Å². The van der Waals surface area contributed by atoms with Crippen molar-refractivity contribution in [1.82, 2.24) is 0 Å². The summed E-state index contributed by atoms with van der Waals surface area (Å²) < 4.78 is 23.0. The molecule has 0 amide bonds. The highest BCUT2D eigenvalue weighted by atomic mass is 32.2. The topological polar surface area (TPSA) is 34.1 Å². The van der Waals surface area contributed by atoms with E-state index >= 15 is 0 Å². The first-order chi connectivity index (χ1) is 5.96. The van der Waals surface area contributed by atoms with E-state index in [9.17, 15) is 8.42 Å². The summed E-state index contributed by atoms with van der Waals surface area (Å²) in [6.45, 7) is 11.6. The van der Waals surface area contributed by atoms with E-state index in [0.717, 1.165) is 0 Å². The summed E-state index contributed by atoms with van der Waals surface area (Å²) in [5.74, 6) is 0.960. The Morgan fingerprint density at radius 2 is 1.43 bits per heavy atom. The van der Waals surface area contributed by atoms with Crippen molar-refractivity contribution >= 4 is 21.6 Å². The van der Waals surface area contributed by atoms with Gasteiger partial charge in [0, 0.05) is 10.5 Å². The molecule has 0 heterocycles. The van der Waals surface area contributed by atoms with Gasteiger partial charge >= 0.3 is 0 Å². The fraction of sp³-hybridized carbons (Fsp3) is 1.00. The van der Waals surface area contributed by atoms with Crippen molar-refractivity contribution in [2.24, 2.45) is 0 Å². The van der Waals surface area contributed by atoms with Crippen LogP contribution in [0.4, 0.5) is 0 Å². The van der Waals surface area contributed by atoms with Gasteiger partial charge in [0.25, 0.3) is 0 Å². The van der Waals surface area contributed by atoms with E-state index in [4.69, 9.17) is 0 Å². The van der Waals surface area contributed by atoms with E-state index in [1.165, 1.54) is 0 Å². The highest BCUT2D eigenvalue weighted by Crippen LogP contribution is 2.25. The van der Waals surface area contributed by atoms with Gasteiger partial charge in [0.1, 0.15) is 0 Å². The van der Waals surface area contributed by atoms with Gasteiger partial charge in [0.15, 0.2) is 9.84 Å². The number of rotatable bonds is 3. The van der Waals surface area contributed by atoms with Gasteiger partial charge in [0.2, 0.25) is 0 Å². The van der Waals surface area contributed by atoms with Crippen LogP contribution in [0.15, 0.2) is 0 Å². The molecule has 0 aliphatic rings. The van der Waals surface area contributed by atoms with E-state index in [1.807, 2.05) is 0 Å². The number of sulfone groups is 1. The molecule has 0 bridgehead atoms. The molecule has 0 saturated carbocycles. The minimum Gasteiger partial charge on any atom is -0.228 e. The van der Waals surface area contributed by atoms with Crippen LogP contribution in [-0.2, 0) is 9.84 Å². The molecule has 0 aromatic heterocycles. The largest absolute Gasteiger partial charge is 0.228 e. The first-order valence-corrected chi connectivity index (χ1v) is 7.46. The van der Waals surface area contributed by atoms with Crippen LogP contribution >= 0.6 is 11.8 Å². The molecule has 0 N–H and O–H groups in total. The molecule has 14 heavy (non-hydrogen) atoms. The molecule has 0 rings (SSSR count). The lowest BCUT2D eigenvalue weighted by Crippen LogP contribution is -2.31. The Kier molecular flexibility index (Phi) is 4.53. The lowest BCUT2D eigenvalue weighted by molar-refractivity contribution is 0.562. The second-order valence-electron chi connectivity index (χ2n) is 5.39. The summed E-state index contributed by atoms with van der Waals surface area (Å²) in [5.41, 5.74) is 0. The Morgan fingerprint density at radius 3 is 1.71 bits per heavy atom. The molecule has 0 fully saturated rings. The standard InChI is InChI=1S/C10H22O2S2/c1-9(2,3)13-7-8-14(11,12)10(4,5)6/h7-8H2,1-6H3. The van der Waals surface area contributed by atoms with Crippen LogP contribution in [0.3, 0.4) is 0 Å². The predicted octanol–water partition coefficient (Wildman–Crippen LogP) is 2.73. The highest BCUT2D eigenvalue weighted by Gasteiger charge is 2.28. The molecule has 4 heteroatoms. The third-order valence-corrected chi connectivity index (χ3v) is 5.96. The third-order valence-electron chi connectivity index (χ3n) is 1.82. The Balaban J connectivity index is 4.17. The summed E-state index contributed by atoms with van der Waals surface area (Å²) in [5, 5.41) is 0. The van der Waals surface area contributed by atoms with E-state index in [0.29, 0.717) is 5.75 Å². The first-order valence-electron chi connectivity index (χ1n) is 4.82. The molecule has 0 radical (unpaired) electrons. The van der Waals surface area contributed by atoms with Gasteiger partial charge < -0.3 is 0 Å². The van der Waals surface area contributed by atoms with Gasteiger partial charge in [-0.25, -0.2) is 8.42 Å². The van der Waals surface area contributed by atoms with Gasteiger partial charge in [-0.3, -0.25) is 0 Å². The first kappa shape index (κ1) is 14.3. The van der Waals surface area contributed by atoms with E-state index in [2.05, 4.69) is 20.8 Å². The van der Waals surface area contributed by atoms with Crippen molar-refractivity contribution in [3.63, 3.8) is 0 Å². The smallest absolute Gasteiger partial charge is 0.155 e. The number of hydrogen-bond donors (Lipinski definition) is 0. The maximum Gasteiger partial charge on any atom is 0.155 e. The average Bonchev–Trinajstić information content (AvgIpc) is 1.80. The molecule has 0 atom stereocenters. The van der Waals surface area contributed by atoms with Crippen molar-refractivity contribution in [2.75, 3.05) is 11.5 Å². The minimum absolute atomic E-state index is 0.146. The Morgan fingerprint density at radius 1 is 1.00 bits per heavy atom. The van der Waals surface area contributed by atoms with Gasteiger partial charge in [-0.15, -0.1) is 0 Å². The van der Waals surface area contributed by atoms with E-state index in [1.54, 1.807) is 32.5 Å². The quantitative estimate of drug-likeness (QED) is 0.758. The van der Waals surface area contributed by atoms with Gasteiger partial charge in [-0.2, -0.15) is 11.8 Å². The zero-order valence-corrected chi connectivity index (χ0v) is 11.7. The molecule has 0 aliphatic heterocycles. The summed E-state index contributed by atoms with van der Waals surface area (Å²) in [6, 6.07) is 0. The Labute approximate surface area is 92.8 Å². The van der Waals surface area contributed by atoms with Gasteiger partial charge in [-0.05, 0) is 20.8 Å². The lowest BCUT2D eigenvalue weighted by atomic mass is 10.3. The fourth-order valence-electron chi connectivity index (χ4n) is 0.764. The van der Waals surface area contributed by atoms with Crippen molar-refractivity contribution in [1.29, 1.82) is 0 Å². The number of hydrogen-bond acceptors (Lipinski definition) is 3. The van der Waals surface area contributed by atoms with Crippen LogP contribution in [0, 0.1) is 0 Å². The minimum atomic E-state index is -2.94. The summed E-state index contributed by atoms with van der Waals surface area (Å²) in [6.07, 6.45) is 0. The monoisotopic (exact) mass is 238 g/mol. The second-order valence-corrected chi connectivity index (χ2v) is 10.2. The van der Waals surface area contributed by atoms with Crippen LogP contribution in [0.2, 0.25) is 0 Å². The van der Waals surface area contributed by atoms with E-state index < -0.39 is 14.6 Å². The van der Waals surface area contributed by atoms with Crippen LogP contribution < -0.4 is 0 Å². The molecule has 2 nitrogen and oxygen atoms in total. The molecule has 0 saturated heterocycles. The molecule has 0 aromatic carbocycles. The predicted molar refractivity (Wildman–Crippen MR) is 65.8 cm³/mol. The van der Waals surface area contributed by atoms with E-state index in [-0.39, 0.29) is 10.5 Å². The summed E-state index contributed by atoms with van der Waals surface area (Å²) >= 11 is 1.70. The Bertz CT molecular complexity index is 265. The van der Waals surface area contributed by atoms with Gasteiger partial charge in [-0.1, -0.05) is 20.8 Å². The second kappa shape index (κ2) is 4.44. The molecule has 0 aromatic rings.